The summed E-state index contributed by atoms with van der Waals surface area (Å²) >= 11 is 0. The Morgan fingerprint density at radius 3 is 2.93 bits per heavy atom. The van der Waals surface area contributed by atoms with Gasteiger partial charge in [0, 0.05) is 18.8 Å². The highest BCUT2D eigenvalue weighted by atomic mass is 15.2. The zero-order valence-electron chi connectivity index (χ0n) is 9.32. The third kappa shape index (κ3) is 2.41. The molecule has 1 aromatic rings. The molecule has 0 amide bonds. The molecule has 15 heavy (non-hydrogen) atoms. The van der Waals surface area contributed by atoms with Gasteiger partial charge in [0.1, 0.15) is 0 Å². The molecule has 3 nitrogen and oxygen atoms in total. The van der Waals surface area contributed by atoms with E-state index in [0.717, 1.165) is 18.1 Å². The maximum atomic E-state index is 5.95. The van der Waals surface area contributed by atoms with Gasteiger partial charge >= 0.3 is 0 Å². The highest BCUT2D eigenvalue weighted by molar-refractivity contribution is 5.63. The number of nitrogen functional groups attached to an aromatic ring is 1. The van der Waals surface area contributed by atoms with E-state index in [-0.39, 0.29) is 0 Å². The number of aromatic nitrogens is 1. The molecule has 1 fully saturated rings. The van der Waals surface area contributed by atoms with Crippen LogP contribution in [0.2, 0.25) is 0 Å². The van der Waals surface area contributed by atoms with E-state index in [1.54, 1.807) is 0 Å². The van der Waals surface area contributed by atoms with E-state index in [2.05, 4.69) is 16.8 Å². The topological polar surface area (TPSA) is 42.2 Å². The van der Waals surface area contributed by atoms with Gasteiger partial charge in [-0.15, -0.1) is 0 Å². The number of pyridine rings is 1. The smallest absolute Gasteiger partial charge is 0.152 e. The predicted molar refractivity (Wildman–Crippen MR) is 63.9 cm³/mol. The first-order valence-electron chi connectivity index (χ1n) is 5.80. The highest BCUT2D eigenvalue weighted by Crippen LogP contribution is 2.33. The Kier molecular flexibility index (Phi) is 3.09. The molecule has 0 spiro atoms. The van der Waals surface area contributed by atoms with Crippen LogP contribution in [0.25, 0.3) is 0 Å². The lowest BCUT2D eigenvalue weighted by molar-refractivity contribution is 0.706. The summed E-state index contributed by atoms with van der Waals surface area (Å²) in [5.74, 6) is 0.980. The second-order valence-electron chi connectivity index (χ2n) is 4.19. The van der Waals surface area contributed by atoms with Crippen LogP contribution >= 0.6 is 0 Å². The van der Waals surface area contributed by atoms with Gasteiger partial charge in [0.25, 0.3) is 0 Å². The van der Waals surface area contributed by atoms with Crippen molar-refractivity contribution in [2.75, 3.05) is 17.2 Å². The molecule has 82 valence electrons. The zero-order valence-corrected chi connectivity index (χ0v) is 9.32. The Hall–Kier alpha value is -1.25. The van der Waals surface area contributed by atoms with Crippen LogP contribution in [0.3, 0.4) is 0 Å². The van der Waals surface area contributed by atoms with Gasteiger partial charge in [-0.3, -0.25) is 0 Å². The van der Waals surface area contributed by atoms with E-state index in [1.165, 1.54) is 25.7 Å². The number of nitrogens with two attached hydrogens (primary N) is 1. The number of nitrogens with zero attached hydrogens (tertiary/aromatic N) is 2. The lowest BCUT2D eigenvalue weighted by atomic mass is 10.3. The summed E-state index contributed by atoms with van der Waals surface area (Å²) in [6.07, 6.45) is 6.84. The Morgan fingerprint density at radius 1 is 1.53 bits per heavy atom. The molecule has 3 heteroatoms. The average Bonchev–Trinajstić information content (AvgIpc) is 3.05. The minimum absolute atomic E-state index is 0.689. The quantitative estimate of drug-likeness (QED) is 0.802. The minimum Gasteiger partial charge on any atom is -0.396 e. The van der Waals surface area contributed by atoms with Crippen molar-refractivity contribution >= 4 is 11.5 Å². The molecule has 1 aliphatic rings. The molecule has 1 aromatic heterocycles. The maximum absolute atomic E-state index is 5.95. The third-order valence-electron chi connectivity index (χ3n) is 2.83. The summed E-state index contributed by atoms with van der Waals surface area (Å²) in [4.78, 5) is 6.77. The molecule has 0 saturated heterocycles. The van der Waals surface area contributed by atoms with Crippen molar-refractivity contribution in [1.29, 1.82) is 0 Å². The van der Waals surface area contributed by atoms with Gasteiger partial charge in [-0.25, -0.2) is 4.98 Å². The van der Waals surface area contributed by atoms with Crippen LogP contribution in [0.15, 0.2) is 18.3 Å². The Labute approximate surface area is 91.3 Å². The second kappa shape index (κ2) is 4.51. The molecule has 0 aliphatic heterocycles. The van der Waals surface area contributed by atoms with Gasteiger partial charge in [0.2, 0.25) is 0 Å². The predicted octanol–water partition coefficient (Wildman–Crippen LogP) is 2.43. The van der Waals surface area contributed by atoms with Gasteiger partial charge in [0.15, 0.2) is 5.82 Å². The summed E-state index contributed by atoms with van der Waals surface area (Å²) in [5, 5.41) is 0. The molecule has 2 rings (SSSR count). The van der Waals surface area contributed by atoms with Crippen LogP contribution in [0.5, 0.6) is 0 Å². The largest absolute Gasteiger partial charge is 0.396 e. The molecule has 1 aliphatic carbocycles. The van der Waals surface area contributed by atoms with Crippen molar-refractivity contribution in [3.05, 3.63) is 18.3 Å². The van der Waals surface area contributed by atoms with Crippen LogP contribution in [0, 0.1) is 0 Å². The standard InChI is InChI=1S/C12H19N3/c1-2-3-9-15(10-6-7-10)12-11(13)5-4-8-14-12/h4-5,8,10H,2-3,6-7,9,13H2,1H3. The fourth-order valence-electron chi connectivity index (χ4n) is 1.83. The fraction of sp³-hybridized carbons (Fsp3) is 0.583. The number of anilines is 2. The SMILES string of the molecule is CCCCN(c1ncccc1N)C1CC1. The zero-order chi connectivity index (χ0) is 10.7. The van der Waals surface area contributed by atoms with Crippen LogP contribution in [0.1, 0.15) is 32.6 Å². The van der Waals surface area contributed by atoms with Gasteiger partial charge in [-0.05, 0) is 31.4 Å². The van der Waals surface area contributed by atoms with E-state index >= 15 is 0 Å². The fourth-order valence-corrected chi connectivity index (χ4v) is 1.83. The molecule has 0 unspecified atom stereocenters. The number of rotatable bonds is 5. The number of hydrogen-bond acceptors (Lipinski definition) is 3. The summed E-state index contributed by atoms with van der Waals surface area (Å²) in [7, 11) is 0. The van der Waals surface area contributed by atoms with Crippen molar-refractivity contribution < 1.29 is 0 Å². The van der Waals surface area contributed by atoms with E-state index in [4.69, 9.17) is 5.73 Å². The van der Waals surface area contributed by atoms with Gasteiger partial charge in [0.05, 0.1) is 5.69 Å². The van der Waals surface area contributed by atoms with Crippen molar-refractivity contribution in [2.24, 2.45) is 0 Å². The molecular weight excluding hydrogens is 186 g/mol. The van der Waals surface area contributed by atoms with E-state index in [0.29, 0.717) is 6.04 Å². The van der Waals surface area contributed by atoms with Crippen molar-refractivity contribution in [1.82, 2.24) is 4.98 Å². The lowest BCUT2D eigenvalue weighted by Gasteiger charge is -2.24. The van der Waals surface area contributed by atoms with Gasteiger partial charge in [-0.1, -0.05) is 13.3 Å². The molecule has 0 atom stereocenters. The lowest BCUT2D eigenvalue weighted by Crippen LogP contribution is -2.28. The first-order chi connectivity index (χ1) is 7.33. The van der Waals surface area contributed by atoms with Crippen LogP contribution in [-0.4, -0.2) is 17.6 Å². The summed E-state index contributed by atoms with van der Waals surface area (Å²) < 4.78 is 0. The van der Waals surface area contributed by atoms with Crippen molar-refractivity contribution in [3.8, 4) is 0 Å². The molecule has 0 radical (unpaired) electrons. The van der Waals surface area contributed by atoms with E-state index in [9.17, 15) is 0 Å². The van der Waals surface area contributed by atoms with Crippen LogP contribution in [-0.2, 0) is 0 Å². The van der Waals surface area contributed by atoms with Crippen molar-refractivity contribution in [2.45, 2.75) is 38.6 Å². The van der Waals surface area contributed by atoms with E-state index < -0.39 is 0 Å². The minimum atomic E-state index is 0.689. The summed E-state index contributed by atoms with van der Waals surface area (Å²) in [5.41, 5.74) is 6.76. The first kappa shape index (κ1) is 10.3. The Balaban J connectivity index is 2.13. The maximum Gasteiger partial charge on any atom is 0.152 e. The summed E-state index contributed by atoms with van der Waals surface area (Å²) in [6.45, 7) is 3.30. The second-order valence-corrected chi connectivity index (χ2v) is 4.19. The normalized spacial score (nSPS) is 15.3. The molecule has 2 N–H and O–H groups in total. The van der Waals surface area contributed by atoms with Crippen LogP contribution in [0.4, 0.5) is 11.5 Å². The Bertz CT molecular complexity index is 320. The number of unbranched alkanes of at least 4 members (excludes halogenated alkanes) is 1. The van der Waals surface area contributed by atoms with E-state index in [1.807, 2.05) is 18.3 Å². The molecular formula is C12H19N3. The van der Waals surface area contributed by atoms with Gasteiger partial charge in [-0.2, -0.15) is 0 Å². The monoisotopic (exact) mass is 205 g/mol. The third-order valence-corrected chi connectivity index (χ3v) is 2.83. The summed E-state index contributed by atoms with van der Waals surface area (Å²) in [6, 6.07) is 4.52. The number of hydrogen-bond donors (Lipinski definition) is 1. The van der Waals surface area contributed by atoms with Crippen molar-refractivity contribution in [3.63, 3.8) is 0 Å². The molecule has 1 heterocycles. The molecule has 1 saturated carbocycles. The molecule has 0 aromatic carbocycles. The highest BCUT2D eigenvalue weighted by Gasteiger charge is 2.30. The first-order valence-corrected chi connectivity index (χ1v) is 5.80. The Morgan fingerprint density at radius 2 is 2.33 bits per heavy atom. The van der Waals surface area contributed by atoms with Gasteiger partial charge < -0.3 is 10.6 Å². The average molecular weight is 205 g/mol. The molecule has 0 bridgehead atoms. The van der Waals surface area contributed by atoms with Crippen LogP contribution < -0.4 is 10.6 Å².